The van der Waals surface area contributed by atoms with Gasteiger partial charge < -0.3 is 9.47 Å². The Morgan fingerprint density at radius 2 is 2.00 bits per heavy atom. The van der Waals surface area contributed by atoms with E-state index in [-0.39, 0.29) is 6.03 Å². The van der Waals surface area contributed by atoms with E-state index in [4.69, 9.17) is 0 Å². The number of rotatable bonds is 2. The van der Waals surface area contributed by atoms with Crippen molar-refractivity contribution in [2.45, 2.75) is 32.6 Å². The van der Waals surface area contributed by atoms with Gasteiger partial charge in [0.1, 0.15) is 18.0 Å². The van der Waals surface area contributed by atoms with Gasteiger partial charge in [-0.05, 0) is 44.4 Å². The summed E-state index contributed by atoms with van der Waals surface area (Å²) in [7, 11) is 1.96. The highest BCUT2D eigenvalue weighted by Crippen LogP contribution is 2.26. The lowest BCUT2D eigenvalue weighted by atomic mass is 9.96. The minimum Gasteiger partial charge on any atom is -0.324 e. The number of anilines is 1. The minimum absolute atomic E-state index is 0.0843. The first-order valence-electron chi connectivity index (χ1n) is 7.88. The number of pyridine rings is 1. The molecule has 0 radical (unpaired) electrons. The van der Waals surface area contributed by atoms with Gasteiger partial charge in [-0.1, -0.05) is 0 Å². The molecule has 1 aliphatic rings. The average molecular weight is 314 g/mol. The van der Waals surface area contributed by atoms with Crippen LogP contribution < -0.4 is 5.32 Å². The van der Waals surface area contributed by atoms with Gasteiger partial charge in [0.2, 0.25) is 0 Å². The summed E-state index contributed by atoms with van der Waals surface area (Å²) in [5.74, 6) is 1.98. The van der Waals surface area contributed by atoms with Gasteiger partial charge in [0, 0.05) is 31.7 Å². The number of nitrogens with one attached hydrogen (secondary N) is 1. The second-order valence-electron chi connectivity index (χ2n) is 6.16. The molecule has 0 aromatic carbocycles. The molecule has 1 aliphatic heterocycles. The third-order valence-electron chi connectivity index (χ3n) is 4.23. The van der Waals surface area contributed by atoms with E-state index in [0.717, 1.165) is 29.9 Å². The second kappa shape index (κ2) is 6.36. The fraction of sp³-hybridized carbons (Fsp3) is 0.500. The van der Waals surface area contributed by atoms with Crippen molar-refractivity contribution < 1.29 is 4.79 Å². The van der Waals surface area contributed by atoms with E-state index in [1.807, 2.05) is 42.5 Å². The molecule has 2 aromatic heterocycles. The van der Waals surface area contributed by atoms with Crippen molar-refractivity contribution in [3.63, 3.8) is 0 Å². The third kappa shape index (κ3) is 3.49. The van der Waals surface area contributed by atoms with E-state index in [9.17, 15) is 4.79 Å². The number of hydrogen-bond donors (Lipinski definition) is 1. The molecule has 3 rings (SSSR count). The molecule has 0 bridgehead atoms. The Labute approximate surface area is 135 Å². The molecule has 122 valence electrons. The van der Waals surface area contributed by atoms with Gasteiger partial charge in [0.15, 0.2) is 0 Å². The number of aromatic nitrogens is 4. The zero-order chi connectivity index (χ0) is 16.4. The molecule has 1 fully saturated rings. The molecule has 2 aromatic rings. The number of urea groups is 1. The van der Waals surface area contributed by atoms with E-state index in [0.29, 0.717) is 24.8 Å². The molecule has 0 spiro atoms. The number of amides is 2. The summed E-state index contributed by atoms with van der Waals surface area (Å²) in [6.07, 6.45) is 3.53. The lowest BCUT2D eigenvalue weighted by molar-refractivity contribution is 0.193. The summed E-state index contributed by atoms with van der Waals surface area (Å²) >= 11 is 0. The van der Waals surface area contributed by atoms with Crippen LogP contribution in [-0.4, -0.2) is 43.8 Å². The number of nitrogens with zero attached hydrogens (tertiary/aromatic N) is 5. The van der Waals surface area contributed by atoms with Gasteiger partial charge in [-0.15, -0.1) is 10.2 Å². The molecule has 7 nitrogen and oxygen atoms in total. The third-order valence-corrected chi connectivity index (χ3v) is 4.23. The zero-order valence-electron chi connectivity index (χ0n) is 13.8. The van der Waals surface area contributed by atoms with Crippen LogP contribution in [0.2, 0.25) is 0 Å². The van der Waals surface area contributed by atoms with Crippen LogP contribution in [0.1, 0.15) is 35.8 Å². The summed E-state index contributed by atoms with van der Waals surface area (Å²) in [5.41, 5.74) is 2.00. The van der Waals surface area contributed by atoms with E-state index >= 15 is 0 Å². The van der Waals surface area contributed by atoms with Crippen LogP contribution >= 0.6 is 0 Å². The maximum Gasteiger partial charge on any atom is 0.323 e. The van der Waals surface area contributed by atoms with Crippen LogP contribution in [0, 0.1) is 13.8 Å². The predicted molar refractivity (Wildman–Crippen MR) is 87.3 cm³/mol. The molecule has 0 atom stereocenters. The van der Waals surface area contributed by atoms with Crippen LogP contribution in [0.5, 0.6) is 0 Å². The van der Waals surface area contributed by atoms with Gasteiger partial charge in [0.25, 0.3) is 0 Å². The van der Waals surface area contributed by atoms with Crippen molar-refractivity contribution in [3.8, 4) is 0 Å². The maximum atomic E-state index is 12.4. The molecule has 1 saturated heterocycles. The first-order chi connectivity index (χ1) is 11.0. The number of aryl methyl sites for hydroxylation is 3. The van der Waals surface area contributed by atoms with Crippen LogP contribution in [0.4, 0.5) is 10.6 Å². The monoisotopic (exact) mass is 314 g/mol. The molecule has 1 N–H and O–H groups in total. The lowest BCUT2D eigenvalue weighted by Crippen LogP contribution is -2.41. The summed E-state index contributed by atoms with van der Waals surface area (Å²) in [6, 6.07) is 3.79. The van der Waals surface area contributed by atoms with Gasteiger partial charge in [-0.2, -0.15) is 0 Å². The molecule has 0 saturated carbocycles. The molecular formula is C16H22N6O. The molecule has 7 heteroatoms. The quantitative estimate of drug-likeness (QED) is 0.922. The highest BCUT2D eigenvalue weighted by Gasteiger charge is 2.26. The Morgan fingerprint density at radius 1 is 1.26 bits per heavy atom. The van der Waals surface area contributed by atoms with Crippen molar-refractivity contribution in [3.05, 3.63) is 35.5 Å². The highest BCUT2D eigenvalue weighted by atomic mass is 16.2. The van der Waals surface area contributed by atoms with Gasteiger partial charge in [-0.3, -0.25) is 5.32 Å². The van der Waals surface area contributed by atoms with E-state index in [1.54, 1.807) is 6.33 Å². The molecule has 0 aliphatic carbocycles. The summed E-state index contributed by atoms with van der Waals surface area (Å²) in [5, 5.41) is 11.0. The summed E-state index contributed by atoms with van der Waals surface area (Å²) in [4.78, 5) is 18.6. The zero-order valence-corrected chi connectivity index (χ0v) is 13.8. The predicted octanol–water partition coefficient (Wildman–Crippen LogP) is 2.24. The van der Waals surface area contributed by atoms with Crippen molar-refractivity contribution in [2.75, 3.05) is 18.4 Å². The number of hydrogen-bond acceptors (Lipinski definition) is 4. The normalized spacial score (nSPS) is 15.7. The lowest BCUT2D eigenvalue weighted by Gasteiger charge is -2.31. The first kappa shape index (κ1) is 15.5. The Morgan fingerprint density at radius 3 is 2.61 bits per heavy atom. The molecule has 3 heterocycles. The van der Waals surface area contributed by atoms with Crippen LogP contribution in [0.15, 0.2) is 18.5 Å². The minimum atomic E-state index is -0.0843. The fourth-order valence-corrected chi connectivity index (χ4v) is 3.10. The molecule has 2 amide bonds. The van der Waals surface area contributed by atoms with Crippen molar-refractivity contribution in [1.29, 1.82) is 0 Å². The largest absolute Gasteiger partial charge is 0.324 e. The Bertz CT molecular complexity index is 682. The number of carbonyl (C=O) groups is 1. The van der Waals surface area contributed by atoms with E-state index in [1.165, 1.54) is 0 Å². The van der Waals surface area contributed by atoms with Gasteiger partial charge in [-0.25, -0.2) is 9.78 Å². The summed E-state index contributed by atoms with van der Waals surface area (Å²) in [6.45, 7) is 5.36. The molecular weight excluding hydrogens is 292 g/mol. The smallest absolute Gasteiger partial charge is 0.323 e. The Balaban J connectivity index is 1.59. The topological polar surface area (TPSA) is 75.9 Å². The maximum absolute atomic E-state index is 12.4. The number of likely N-dealkylation sites (tertiary alicyclic amines) is 1. The Kier molecular flexibility index (Phi) is 4.27. The standard InChI is InChI=1S/C16H22N6O/c1-11-8-12(2)18-14(9-11)19-16(23)22-6-4-13(5-7-22)15-20-17-10-21(15)3/h8-10,13H,4-7H2,1-3H3,(H,18,19,23). The molecule has 23 heavy (non-hydrogen) atoms. The van der Waals surface area contributed by atoms with E-state index in [2.05, 4.69) is 20.5 Å². The van der Waals surface area contributed by atoms with Crippen molar-refractivity contribution >= 4 is 11.8 Å². The first-order valence-corrected chi connectivity index (χ1v) is 7.88. The number of piperidine rings is 1. The summed E-state index contributed by atoms with van der Waals surface area (Å²) < 4.78 is 1.96. The van der Waals surface area contributed by atoms with Crippen molar-refractivity contribution in [1.82, 2.24) is 24.6 Å². The van der Waals surface area contributed by atoms with Gasteiger partial charge in [0.05, 0.1) is 0 Å². The van der Waals surface area contributed by atoms with Crippen LogP contribution in [-0.2, 0) is 7.05 Å². The average Bonchev–Trinajstić information content (AvgIpc) is 2.92. The van der Waals surface area contributed by atoms with Gasteiger partial charge >= 0.3 is 6.03 Å². The van der Waals surface area contributed by atoms with Crippen LogP contribution in [0.25, 0.3) is 0 Å². The van der Waals surface area contributed by atoms with E-state index < -0.39 is 0 Å². The Hall–Kier alpha value is -2.44. The molecule has 0 unspecified atom stereocenters. The van der Waals surface area contributed by atoms with Crippen LogP contribution in [0.3, 0.4) is 0 Å². The highest BCUT2D eigenvalue weighted by molar-refractivity contribution is 5.88. The number of carbonyl (C=O) groups excluding carboxylic acids is 1. The van der Waals surface area contributed by atoms with Crippen molar-refractivity contribution in [2.24, 2.45) is 7.05 Å². The fourth-order valence-electron chi connectivity index (χ4n) is 3.10. The SMILES string of the molecule is Cc1cc(C)nc(NC(=O)N2CCC(c3nncn3C)CC2)c1. The second-order valence-corrected chi connectivity index (χ2v) is 6.16.